The average Bonchev–Trinajstić information content (AvgIpc) is 3.11. The highest BCUT2D eigenvalue weighted by atomic mass is 16.3. The fourth-order valence-electron chi connectivity index (χ4n) is 3.71. The number of hydrogen-bond donors (Lipinski definition) is 1. The molecule has 31 heavy (non-hydrogen) atoms. The number of nitrogens with one attached hydrogen (secondary N) is 1. The highest BCUT2D eigenvalue weighted by Gasteiger charge is 2.19. The lowest BCUT2D eigenvalue weighted by molar-refractivity contribution is -0.122. The number of hydrogen-bond acceptors (Lipinski definition) is 4. The smallest absolute Gasteiger partial charge is 0.331 e. The highest BCUT2D eigenvalue weighted by molar-refractivity contribution is 5.82. The minimum absolute atomic E-state index is 0.316. The van der Waals surface area contributed by atoms with Crippen LogP contribution in [-0.4, -0.2) is 15.0 Å². The first-order valence-electron chi connectivity index (χ1n) is 10.1. The van der Waals surface area contributed by atoms with Crippen molar-refractivity contribution in [2.24, 2.45) is 0 Å². The SMILES string of the molecule is Cc1c(C(C)NC(=O)Cn2c(=O)ccn(Cc3ccccc3)c2=O)oc2ccccc12. The van der Waals surface area contributed by atoms with Crippen LogP contribution in [0.4, 0.5) is 0 Å². The van der Waals surface area contributed by atoms with E-state index in [9.17, 15) is 14.4 Å². The minimum Gasteiger partial charge on any atom is -0.459 e. The Bertz CT molecular complexity index is 1350. The van der Waals surface area contributed by atoms with Crippen LogP contribution in [0.3, 0.4) is 0 Å². The Balaban J connectivity index is 1.52. The first-order valence-corrected chi connectivity index (χ1v) is 10.1. The topological polar surface area (TPSA) is 86.2 Å². The summed E-state index contributed by atoms with van der Waals surface area (Å²) < 4.78 is 8.25. The zero-order valence-electron chi connectivity index (χ0n) is 17.4. The summed E-state index contributed by atoms with van der Waals surface area (Å²) in [4.78, 5) is 37.7. The molecule has 1 atom stereocenters. The average molecular weight is 417 g/mol. The maximum absolute atomic E-state index is 12.8. The number of aryl methyl sites for hydroxylation is 1. The van der Waals surface area contributed by atoms with Crippen molar-refractivity contribution in [2.45, 2.75) is 33.0 Å². The van der Waals surface area contributed by atoms with Crippen LogP contribution in [0.2, 0.25) is 0 Å². The molecule has 2 aromatic heterocycles. The third kappa shape index (κ3) is 4.21. The third-order valence-electron chi connectivity index (χ3n) is 5.29. The lowest BCUT2D eigenvalue weighted by Gasteiger charge is -2.14. The molecule has 0 bridgehead atoms. The summed E-state index contributed by atoms with van der Waals surface area (Å²) in [7, 11) is 0. The predicted molar refractivity (Wildman–Crippen MR) is 118 cm³/mol. The van der Waals surface area contributed by atoms with Gasteiger partial charge in [-0.2, -0.15) is 0 Å². The van der Waals surface area contributed by atoms with E-state index in [4.69, 9.17) is 4.42 Å². The monoisotopic (exact) mass is 417 g/mol. The number of fused-ring (bicyclic) bond motifs is 1. The van der Waals surface area contributed by atoms with E-state index < -0.39 is 23.2 Å². The molecule has 0 spiro atoms. The van der Waals surface area contributed by atoms with Crippen molar-refractivity contribution in [2.75, 3.05) is 0 Å². The molecule has 4 aromatic rings. The van der Waals surface area contributed by atoms with Gasteiger partial charge in [-0.1, -0.05) is 48.5 Å². The fraction of sp³-hybridized carbons (Fsp3) is 0.208. The van der Waals surface area contributed by atoms with Gasteiger partial charge in [0, 0.05) is 23.2 Å². The van der Waals surface area contributed by atoms with Gasteiger partial charge in [0.15, 0.2) is 0 Å². The third-order valence-corrected chi connectivity index (χ3v) is 5.29. The molecule has 0 saturated carbocycles. The molecule has 0 aliphatic rings. The summed E-state index contributed by atoms with van der Waals surface area (Å²) >= 11 is 0. The van der Waals surface area contributed by atoms with Gasteiger partial charge in [-0.05, 0) is 25.5 Å². The molecule has 7 nitrogen and oxygen atoms in total. The van der Waals surface area contributed by atoms with E-state index in [1.54, 1.807) is 0 Å². The van der Waals surface area contributed by atoms with E-state index in [1.807, 2.05) is 68.4 Å². The number of furan rings is 1. The highest BCUT2D eigenvalue weighted by Crippen LogP contribution is 2.29. The standard InChI is InChI=1S/C24H23N3O4/c1-16-19-10-6-7-11-20(19)31-23(16)17(2)25-21(28)15-27-22(29)12-13-26(24(27)30)14-18-8-4-3-5-9-18/h3-13,17H,14-15H2,1-2H3,(H,25,28). The second-order valence-corrected chi connectivity index (χ2v) is 7.51. The van der Waals surface area contributed by atoms with Gasteiger partial charge in [0.25, 0.3) is 5.56 Å². The molecule has 0 aliphatic heterocycles. The van der Waals surface area contributed by atoms with E-state index in [2.05, 4.69) is 5.32 Å². The summed E-state index contributed by atoms with van der Waals surface area (Å²) in [5.74, 6) is 0.209. The predicted octanol–water partition coefficient (Wildman–Crippen LogP) is 2.99. The molecular formula is C24H23N3O4. The van der Waals surface area contributed by atoms with Gasteiger partial charge >= 0.3 is 5.69 Å². The number of carbonyl (C=O) groups excluding carboxylic acids is 1. The number of rotatable bonds is 6. The van der Waals surface area contributed by atoms with Crippen LogP contribution in [-0.2, 0) is 17.9 Å². The van der Waals surface area contributed by atoms with Crippen molar-refractivity contribution < 1.29 is 9.21 Å². The number of amides is 1. The molecule has 158 valence electrons. The van der Waals surface area contributed by atoms with Crippen molar-refractivity contribution in [3.8, 4) is 0 Å². The largest absolute Gasteiger partial charge is 0.459 e. The van der Waals surface area contributed by atoms with Gasteiger partial charge < -0.3 is 9.73 Å². The number of para-hydroxylation sites is 1. The Kier molecular flexibility index (Phi) is 5.58. The second kappa shape index (κ2) is 8.47. The lowest BCUT2D eigenvalue weighted by Crippen LogP contribution is -2.43. The maximum Gasteiger partial charge on any atom is 0.331 e. The molecule has 0 saturated heterocycles. The van der Waals surface area contributed by atoms with Gasteiger partial charge in [-0.15, -0.1) is 0 Å². The van der Waals surface area contributed by atoms with Crippen LogP contribution >= 0.6 is 0 Å². The van der Waals surface area contributed by atoms with Crippen LogP contribution in [0.5, 0.6) is 0 Å². The number of carbonyl (C=O) groups is 1. The molecule has 2 aromatic carbocycles. The zero-order chi connectivity index (χ0) is 22.0. The van der Waals surface area contributed by atoms with Crippen LogP contribution in [0, 0.1) is 6.92 Å². The summed E-state index contributed by atoms with van der Waals surface area (Å²) in [6, 6.07) is 18.0. The summed E-state index contributed by atoms with van der Waals surface area (Å²) in [5, 5.41) is 3.82. The number of benzene rings is 2. The van der Waals surface area contributed by atoms with Crippen LogP contribution in [0.25, 0.3) is 11.0 Å². The molecule has 1 amide bonds. The molecule has 2 heterocycles. The Morgan fingerprint density at radius 1 is 1.03 bits per heavy atom. The zero-order valence-corrected chi connectivity index (χ0v) is 17.4. The van der Waals surface area contributed by atoms with E-state index in [-0.39, 0.29) is 6.54 Å². The quantitative estimate of drug-likeness (QED) is 0.523. The van der Waals surface area contributed by atoms with Gasteiger partial charge in [-0.25, -0.2) is 4.79 Å². The van der Waals surface area contributed by atoms with Crippen molar-refractivity contribution in [1.82, 2.24) is 14.5 Å². The van der Waals surface area contributed by atoms with Crippen molar-refractivity contribution in [1.29, 1.82) is 0 Å². The maximum atomic E-state index is 12.8. The lowest BCUT2D eigenvalue weighted by atomic mass is 10.1. The Labute approximate surface area is 178 Å². The van der Waals surface area contributed by atoms with Crippen molar-refractivity contribution in [3.05, 3.63) is 105 Å². The molecule has 0 fully saturated rings. The minimum atomic E-state index is -0.529. The van der Waals surface area contributed by atoms with Crippen LogP contribution < -0.4 is 16.6 Å². The van der Waals surface area contributed by atoms with E-state index in [0.717, 1.165) is 26.7 Å². The molecule has 4 rings (SSSR count). The summed E-state index contributed by atoms with van der Waals surface area (Å²) in [5.41, 5.74) is 1.58. The van der Waals surface area contributed by atoms with E-state index >= 15 is 0 Å². The Morgan fingerprint density at radius 2 is 1.74 bits per heavy atom. The molecule has 0 aliphatic carbocycles. The Hall–Kier alpha value is -3.87. The van der Waals surface area contributed by atoms with Gasteiger partial charge in [0.2, 0.25) is 5.91 Å². The van der Waals surface area contributed by atoms with E-state index in [1.165, 1.54) is 16.8 Å². The number of aromatic nitrogens is 2. The van der Waals surface area contributed by atoms with E-state index in [0.29, 0.717) is 12.3 Å². The molecule has 1 N–H and O–H groups in total. The van der Waals surface area contributed by atoms with Gasteiger partial charge in [0.1, 0.15) is 17.9 Å². The Morgan fingerprint density at radius 3 is 2.48 bits per heavy atom. The second-order valence-electron chi connectivity index (χ2n) is 7.51. The molecule has 7 heteroatoms. The van der Waals surface area contributed by atoms with Crippen molar-refractivity contribution >= 4 is 16.9 Å². The van der Waals surface area contributed by atoms with Crippen LogP contribution in [0.1, 0.15) is 29.9 Å². The summed E-state index contributed by atoms with van der Waals surface area (Å²) in [6.45, 7) is 3.70. The molecular weight excluding hydrogens is 394 g/mol. The van der Waals surface area contributed by atoms with Crippen molar-refractivity contribution in [3.63, 3.8) is 0 Å². The summed E-state index contributed by atoms with van der Waals surface area (Å²) in [6.07, 6.45) is 1.45. The molecule has 0 radical (unpaired) electrons. The molecule has 1 unspecified atom stereocenters. The normalized spacial score (nSPS) is 12.1. The first-order chi connectivity index (χ1) is 14.9. The van der Waals surface area contributed by atoms with Gasteiger partial charge in [-0.3, -0.25) is 18.7 Å². The van der Waals surface area contributed by atoms with Gasteiger partial charge in [0.05, 0.1) is 12.6 Å². The fourth-order valence-corrected chi connectivity index (χ4v) is 3.71. The number of nitrogens with zero attached hydrogens (tertiary/aromatic N) is 2. The first kappa shape index (κ1) is 20.4. The van der Waals surface area contributed by atoms with Crippen LogP contribution in [0.15, 0.2) is 80.9 Å².